The van der Waals surface area contributed by atoms with Gasteiger partial charge in [-0.2, -0.15) is 0 Å². The van der Waals surface area contributed by atoms with E-state index in [1.54, 1.807) is 19.9 Å². The zero-order valence-corrected chi connectivity index (χ0v) is 23.2. The number of β-amino-alcohol motifs (C(OH)–C–C–N with tert-alkyl or cyclic N) is 1. The van der Waals surface area contributed by atoms with Crippen LogP contribution in [0.2, 0.25) is 0 Å². The molecule has 1 saturated heterocycles. The van der Waals surface area contributed by atoms with E-state index in [-0.39, 0.29) is 24.8 Å². The molecule has 37 heavy (non-hydrogen) atoms. The predicted molar refractivity (Wildman–Crippen MR) is 145 cm³/mol. The SMILES string of the molecule is CCOC(=O)CCc1cc(C)c(F)cc1[C@@H](C)OC[C@H](O)CN1CCC[C@H]1Cc1ccc(C)c(CC)c1. The number of hydrogen-bond acceptors (Lipinski definition) is 5. The van der Waals surface area contributed by atoms with Crippen molar-refractivity contribution in [1.29, 1.82) is 0 Å². The summed E-state index contributed by atoms with van der Waals surface area (Å²) in [6.07, 6.45) is 3.95. The van der Waals surface area contributed by atoms with Gasteiger partial charge in [0.2, 0.25) is 0 Å². The lowest BCUT2D eigenvalue weighted by Gasteiger charge is -2.28. The minimum absolute atomic E-state index is 0.168. The maximum absolute atomic E-state index is 14.4. The average molecular weight is 514 g/mol. The van der Waals surface area contributed by atoms with Crippen molar-refractivity contribution in [3.8, 4) is 0 Å². The molecule has 204 valence electrons. The number of likely N-dealkylation sites (tertiary alicyclic amines) is 1. The van der Waals surface area contributed by atoms with Gasteiger partial charge in [0.05, 0.1) is 25.4 Å². The van der Waals surface area contributed by atoms with Crippen molar-refractivity contribution < 1.29 is 23.8 Å². The van der Waals surface area contributed by atoms with Crippen molar-refractivity contribution in [1.82, 2.24) is 4.90 Å². The van der Waals surface area contributed by atoms with Gasteiger partial charge in [0.15, 0.2) is 0 Å². The van der Waals surface area contributed by atoms with Crippen LogP contribution < -0.4 is 0 Å². The van der Waals surface area contributed by atoms with Gasteiger partial charge in [-0.05, 0) is 106 Å². The minimum atomic E-state index is -0.634. The summed E-state index contributed by atoms with van der Waals surface area (Å²) < 4.78 is 25.5. The second-order valence-corrected chi connectivity index (χ2v) is 10.3. The van der Waals surface area contributed by atoms with Crippen molar-refractivity contribution in [2.45, 2.75) is 91.4 Å². The predicted octanol–water partition coefficient (Wildman–Crippen LogP) is 5.65. The molecule has 0 unspecified atom stereocenters. The molecule has 3 rings (SSSR count). The molecule has 3 atom stereocenters. The number of carbonyl (C=O) groups is 1. The fourth-order valence-electron chi connectivity index (χ4n) is 5.36. The Kier molecular flexibility index (Phi) is 11.1. The summed E-state index contributed by atoms with van der Waals surface area (Å²) in [4.78, 5) is 14.2. The number of nitrogens with zero attached hydrogens (tertiary/aromatic N) is 1. The van der Waals surface area contributed by atoms with Crippen LogP contribution in [0.15, 0.2) is 30.3 Å². The number of carbonyl (C=O) groups excluding carboxylic acids is 1. The monoisotopic (exact) mass is 513 g/mol. The Balaban J connectivity index is 1.56. The fourth-order valence-corrected chi connectivity index (χ4v) is 5.36. The van der Waals surface area contributed by atoms with E-state index >= 15 is 0 Å². The van der Waals surface area contributed by atoms with Gasteiger partial charge >= 0.3 is 5.97 Å². The van der Waals surface area contributed by atoms with Gasteiger partial charge < -0.3 is 14.6 Å². The molecule has 0 aromatic heterocycles. The standard InChI is InChI=1S/C31H44FNO4/c1-6-25-16-24(11-10-21(25)3)17-27-9-8-14-33(27)19-28(34)20-37-23(5)29-18-30(32)22(4)15-26(29)12-13-31(35)36-7-2/h10-11,15-16,18,23,27-28,34H,6-9,12-14,17,19-20H2,1-5H3/t23-,27+,28-/m1/s1. The van der Waals surface area contributed by atoms with Crippen molar-refractivity contribution >= 4 is 5.97 Å². The highest BCUT2D eigenvalue weighted by molar-refractivity contribution is 5.69. The Morgan fingerprint density at radius 2 is 1.95 bits per heavy atom. The van der Waals surface area contributed by atoms with E-state index in [2.05, 4.69) is 36.9 Å². The molecule has 0 saturated carbocycles. The van der Waals surface area contributed by atoms with Crippen LogP contribution in [0.3, 0.4) is 0 Å². The third kappa shape index (κ3) is 8.36. The van der Waals surface area contributed by atoms with Gasteiger partial charge in [-0.15, -0.1) is 0 Å². The quantitative estimate of drug-likeness (QED) is 0.351. The average Bonchev–Trinajstić information content (AvgIpc) is 3.30. The van der Waals surface area contributed by atoms with Crippen molar-refractivity contribution in [2.24, 2.45) is 0 Å². The van der Waals surface area contributed by atoms with E-state index in [4.69, 9.17) is 9.47 Å². The van der Waals surface area contributed by atoms with E-state index in [1.807, 2.05) is 6.92 Å². The number of ether oxygens (including phenoxy) is 2. The number of aliphatic hydroxyl groups excluding tert-OH is 1. The highest BCUT2D eigenvalue weighted by Gasteiger charge is 2.27. The van der Waals surface area contributed by atoms with E-state index < -0.39 is 12.2 Å². The van der Waals surface area contributed by atoms with Gasteiger partial charge in [0, 0.05) is 19.0 Å². The van der Waals surface area contributed by atoms with Crippen LogP contribution in [0.1, 0.15) is 79.5 Å². The maximum Gasteiger partial charge on any atom is 0.306 e. The number of halogens is 1. The largest absolute Gasteiger partial charge is 0.466 e. The summed E-state index contributed by atoms with van der Waals surface area (Å²) in [6, 6.07) is 10.5. The first-order valence-electron chi connectivity index (χ1n) is 13.8. The topological polar surface area (TPSA) is 59.0 Å². The second-order valence-electron chi connectivity index (χ2n) is 10.3. The molecule has 2 aromatic rings. The summed E-state index contributed by atoms with van der Waals surface area (Å²) in [5, 5.41) is 10.8. The Bertz CT molecular complexity index is 1040. The van der Waals surface area contributed by atoms with Crippen LogP contribution >= 0.6 is 0 Å². The first-order chi connectivity index (χ1) is 17.7. The smallest absolute Gasteiger partial charge is 0.306 e. The zero-order valence-electron chi connectivity index (χ0n) is 23.2. The summed E-state index contributed by atoms with van der Waals surface area (Å²) in [5.41, 5.74) is 6.22. The number of esters is 1. The lowest BCUT2D eigenvalue weighted by atomic mass is 9.96. The Morgan fingerprint density at radius 3 is 2.68 bits per heavy atom. The molecule has 0 amide bonds. The summed E-state index contributed by atoms with van der Waals surface area (Å²) in [7, 11) is 0. The fraction of sp³-hybridized carbons (Fsp3) is 0.581. The molecule has 1 fully saturated rings. The highest BCUT2D eigenvalue weighted by Crippen LogP contribution is 2.27. The molecule has 0 aliphatic carbocycles. The van der Waals surface area contributed by atoms with Crippen LogP contribution in [0.4, 0.5) is 4.39 Å². The van der Waals surface area contributed by atoms with Crippen molar-refractivity contribution in [3.05, 3.63) is 69.5 Å². The lowest BCUT2D eigenvalue weighted by molar-refractivity contribution is -0.143. The Labute approximate surface area is 222 Å². The molecular formula is C31H44FNO4. The van der Waals surface area contributed by atoms with E-state index in [1.165, 1.54) is 22.8 Å². The third-order valence-electron chi connectivity index (χ3n) is 7.51. The number of rotatable bonds is 13. The summed E-state index contributed by atoms with van der Waals surface area (Å²) >= 11 is 0. The van der Waals surface area contributed by atoms with Crippen molar-refractivity contribution in [3.63, 3.8) is 0 Å². The molecule has 5 nitrogen and oxygen atoms in total. The van der Waals surface area contributed by atoms with Gasteiger partial charge in [0.1, 0.15) is 5.82 Å². The molecule has 0 bridgehead atoms. The maximum atomic E-state index is 14.4. The number of hydrogen-bond donors (Lipinski definition) is 1. The normalized spacial score (nSPS) is 17.6. The lowest BCUT2D eigenvalue weighted by Crippen LogP contribution is -2.39. The molecule has 6 heteroatoms. The number of aryl methyl sites for hydroxylation is 4. The van der Waals surface area contributed by atoms with Gasteiger partial charge in [0.25, 0.3) is 0 Å². The van der Waals surface area contributed by atoms with Crippen LogP contribution in [0.25, 0.3) is 0 Å². The van der Waals surface area contributed by atoms with Crippen LogP contribution in [0.5, 0.6) is 0 Å². The van der Waals surface area contributed by atoms with E-state index in [9.17, 15) is 14.3 Å². The van der Waals surface area contributed by atoms with Gasteiger partial charge in [-0.3, -0.25) is 9.69 Å². The third-order valence-corrected chi connectivity index (χ3v) is 7.51. The minimum Gasteiger partial charge on any atom is -0.466 e. The van der Waals surface area contributed by atoms with Crippen LogP contribution in [0, 0.1) is 19.7 Å². The first-order valence-corrected chi connectivity index (χ1v) is 13.8. The van der Waals surface area contributed by atoms with Gasteiger partial charge in [-0.1, -0.05) is 31.2 Å². The van der Waals surface area contributed by atoms with Crippen molar-refractivity contribution in [2.75, 3.05) is 26.3 Å². The molecule has 0 spiro atoms. The first kappa shape index (κ1) is 29.3. The summed E-state index contributed by atoms with van der Waals surface area (Å²) in [5.74, 6) is -0.565. The number of aliphatic hydroxyl groups is 1. The Hall–Kier alpha value is -2.28. The molecule has 1 aliphatic rings. The number of benzene rings is 2. The summed E-state index contributed by atoms with van der Waals surface area (Å²) in [6.45, 7) is 11.8. The van der Waals surface area contributed by atoms with E-state index in [0.29, 0.717) is 36.7 Å². The highest BCUT2D eigenvalue weighted by atomic mass is 19.1. The zero-order chi connectivity index (χ0) is 26.9. The molecule has 0 radical (unpaired) electrons. The Morgan fingerprint density at radius 1 is 1.16 bits per heavy atom. The molecule has 1 N–H and O–H groups in total. The van der Waals surface area contributed by atoms with Crippen LogP contribution in [-0.2, 0) is 33.5 Å². The molecule has 2 aromatic carbocycles. The molecule has 1 heterocycles. The second kappa shape index (κ2) is 14.0. The van der Waals surface area contributed by atoms with Gasteiger partial charge in [-0.25, -0.2) is 4.39 Å². The van der Waals surface area contributed by atoms with E-state index in [0.717, 1.165) is 37.8 Å². The molecule has 1 aliphatic heterocycles. The van der Waals surface area contributed by atoms with Crippen LogP contribution in [-0.4, -0.2) is 54.4 Å². The molecular weight excluding hydrogens is 469 g/mol.